The molecule has 1 saturated carbocycles. The number of aromatic nitrogens is 2. The van der Waals surface area contributed by atoms with Gasteiger partial charge >= 0.3 is 0 Å². The topological polar surface area (TPSA) is 47.0 Å². The van der Waals surface area contributed by atoms with Crippen molar-refractivity contribution in [2.24, 2.45) is 0 Å². The Morgan fingerprint density at radius 1 is 1.16 bits per heavy atom. The number of nitrogens with zero attached hydrogens (tertiary/aromatic N) is 2. The summed E-state index contributed by atoms with van der Waals surface area (Å²) in [4.78, 5) is 9.45. The summed E-state index contributed by atoms with van der Waals surface area (Å²) < 4.78 is 5.84. The molecule has 1 aromatic rings. The summed E-state index contributed by atoms with van der Waals surface area (Å²) in [5.41, 5.74) is 1.90. The molecule has 0 saturated heterocycles. The van der Waals surface area contributed by atoms with Crippen molar-refractivity contribution in [1.29, 1.82) is 0 Å². The van der Waals surface area contributed by atoms with Crippen LogP contribution in [0.4, 0.5) is 5.82 Å². The number of nitrogens with one attached hydrogen (secondary N) is 1. The standard InChI is InChI=1S/C15H25N3O/c1-5-16-13-11(2)12(3)17-14(18-13)15(19-4)9-7-6-8-10-15/h5-10H2,1-4H3,(H,16,17,18). The monoisotopic (exact) mass is 263 g/mol. The van der Waals surface area contributed by atoms with E-state index >= 15 is 0 Å². The Labute approximate surface area is 116 Å². The second kappa shape index (κ2) is 5.87. The van der Waals surface area contributed by atoms with E-state index in [1.165, 1.54) is 19.3 Å². The molecule has 1 aromatic heterocycles. The van der Waals surface area contributed by atoms with Crippen molar-refractivity contribution in [3.63, 3.8) is 0 Å². The predicted octanol–water partition coefficient (Wildman–Crippen LogP) is 3.33. The highest BCUT2D eigenvalue weighted by Gasteiger charge is 2.37. The van der Waals surface area contributed by atoms with Crippen molar-refractivity contribution in [2.75, 3.05) is 19.0 Å². The fraction of sp³-hybridized carbons (Fsp3) is 0.733. The zero-order chi connectivity index (χ0) is 13.9. The molecule has 0 aliphatic heterocycles. The number of rotatable bonds is 4. The number of anilines is 1. The zero-order valence-electron chi connectivity index (χ0n) is 12.5. The van der Waals surface area contributed by atoms with E-state index in [4.69, 9.17) is 14.7 Å². The summed E-state index contributed by atoms with van der Waals surface area (Å²) >= 11 is 0. The lowest BCUT2D eigenvalue weighted by molar-refractivity contribution is -0.0515. The first-order valence-electron chi connectivity index (χ1n) is 7.27. The number of methoxy groups -OCH3 is 1. The van der Waals surface area contributed by atoms with E-state index in [9.17, 15) is 0 Å². The number of aryl methyl sites for hydroxylation is 1. The smallest absolute Gasteiger partial charge is 0.162 e. The average molecular weight is 263 g/mol. The second-order valence-corrected chi connectivity index (χ2v) is 5.40. The Balaban J connectivity index is 2.42. The van der Waals surface area contributed by atoms with Crippen molar-refractivity contribution in [3.8, 4) is 0 Å². The van der Waals surface area contributed by atoms with Crippen LogP contribution in [0, 0.1) is 13.8 Å². The molecule has 0 atom stereocenters. The Morgan fingerprint density at radius 2 is 1.84 bits per heavy atom. The SMILES string of the molecule is CCNc1nc(C2(OC)CCCCC2)nc(C)c1C. The van der Waals surface area contributed by atoms with Gasteiger partial charge in [-0.05, 0) is 33.6 Å². The van der Waals surface area contributed by atoms with Gasteiger partial charge in [-0.3, -0.25) is 0 Å². The van der Waals surface area contributed by atoms with Crippen LogP contribution < -0.4 is 5.32 Å². The fourth-order valence-electron chi connectivity index (χ4n) is 2.81. The lowest BCUT2D eigenvalue weighted by atomic mass is 9.83. The molecule has 0 amide bonds. The maximum atomic E-state index is 5.84. The predicted molar refractivity (Wildman–Crippen MR) is 77.4 cm³/mol. The third kappa shape index (κ3) is 2.73. The molecular formula is C15H25N3O. The van der Waals surface area contributed by atoms with E-state index in [2.05, 4.69) is 19.2 Å². The van der Waals surface area contributed by atoms with Gasteiger partial charge in [-0.15, -0.1) is 0 Å². The van der Waals surface area contributed by atoms with Crippen LogP contribution in [0.3, 0.4) is 0 Å². The van der Waals surface area contributed by atoms with Crippen molar-refractivity contribution in [1.82, 2.24) is 9.97 Å². The van der Waals surface area contributed by atoms with E-state index in [-0.39, 0.29) is 5.60 Å². The molecule has 106 valence electrons. The average Bonchev–Trinajstić information content (AvgIpc) is 2.44. The van der Waals surface area contributed by atoms with Gasteiger partial charge in [0, 0.05) is 24.9 Å². The van der Waals surface area contributed by atoms with Gasteiger partial charge in [0.2, 0.25) is 0 Å². The van der Waals surface area contributed by atoms with E-state index < -0.39 is 0 Å². The molecule has 4 nitrogen and oxygen atoms in total. The Bertz CT molecular complexity index is 439. The Morgan fingerprint density at radius 3 is 2.42 bits per heavy atom. The first-order valence-corrected chi connectivity index (χ1v) is 7.27. The first-order chi connectivity index (χ1) is 9.13. The lowest BCUT2D eigenvalue weighted by Crippen LogP contribution is -2.34. The molecule has 1 heterocycles. The summed E-state index contributed by atoms with van der Waals surface area (Å²) in [6.07, 6.45) is 5.73. The Hall–Kier alpha value is -1.16. The number of hydrogen-bond acceptors (Lipinski definition) is 4. The van der Waals surface area contributed by atoms with Gasteiger partial charge in [-0.2, -0.15) is 0 Å². The van der Waals surface area contributed by atoms with Crippen molar-refractivity contribution >= 4 is 5.82 Å². The van der Waals surface area contributed by atoms with Crippen LogP contribution in [0.15, 0.2) is 0 Å². The van der Waals surface area contributed by atoms with Crippen LogP contribution in [0.5, 0.6) is 0 Å². The molecule has 1 aliphatic rings. The second-order valence-electron chi connectivity index (χ2n) is 5.40. The van der Waals surface area contributed by atoms with E-state index in [0.29, 0.717) is 0 Å². The maximum absolute atomic E-state index is 5.84. The van der Waals surface area contributed by atoms with Crippen LogP contribution in [0.25, 0.3) is 0 Å². The van der Waals surface area contributed by atoms with Gasteiger partial charge in [0.15, 0.2) is 5.82 Å². The van der Waals surface area contributed by atoms with Gasteiger partial charge in [-0.25, -0.2) is 9.97 Å². The number of hydrogen-bond donors (Lipinski definition) is 1. The van der Waals surface area contributed by atoms with E-state index in [0.717, 1.165) is 42.3 Å². The maximum Gasteiger partial charge on any atom is 0.162 e. The van der Waals surface area contributed by atoms with Crippen LogP contribution in [-0.4, -0.2) is 23.6 Å². The van der Waals surface area contributed by atoms with Gasteiger partial charge < -0.3 is 10.1 Å². The summed E-state index contributed by atoms with van der Waals surface area (Å²) in [5.74, 6) is 1.81. The van der Waals surface area contributed by atoms with Crippen LogP contribution in [0.2, 0.25) is 0 Å². The lowest BCUT2D eigenvalue weighted by Gasteiger charge is -2.35. The summed E-state index contributed by atoms with van der Waals surface area (Å²) in [5, 5.41) is 3.33. The van der Waals surface area contributed by atoms with E-state index in [1.807, 2.05) is 6.92 Å². The molecule has 0 bridgehead atoms. The van der Waals surface area contributed by atoms with Gasteiger partial charge in [0.25, 0.3) is 0 Å². The number of ether oxygens (including phenoxy) is 1. The summed E-state index contributed by atoms with van der Waals surface area (Å²) in [6.45, 7) is 7.07. The molecule has 1 aliphatic carbocycles. The first kappa shape index (κ1) is 14.3. The van der Waals surface area contributed by atoms with E-state index in [1.54, 1.807) is 7.11 Å². The zero-order valence-corrected chi connectivity index (χ0v) is 12.5. The van der Waals surface area contributed by atoms with Crippen LogP contribution in [-0.2, 0) is 10.3 Å². The van der Waals surface area contributed by atoms with Gasteiger partial charge in [0.05, 0.1) is 0 Å². The van der Waals surface area contributed by atoms with Crippen LogP contribution >= 0.6 is 0 Å². The van der Waals surface area contributed by atoms with Crippen molar-refractivity contribution in [2.45, 2.75) is 58.5 Å². The third-order valence-corrected chi connectivity index (χ3v) is 4.19. The molecule has 0 aromatic carbocycles. The summed E-state index contributed by atoms with van der Waals surface area (Å²) in [7, 11) is 1.79. The fourth-order valence-corrected chi connectivity index (χ4v) is 2.81. The molecule has 0 radical (unpaired) electrons. The minimum absolute atomic E-state index is 0.277. The van der Waals surface area contributed by atoms with Crippen molar-refractivity contribution < 1.29 is 4.74 Å². The molecular weight excluding hydrogens is 238 g/mol. The molecule has 1 fully saturated rings. The van der Waals surface area contributed by atoms with Gasteiger partial charge in [-0.1, -0.05) is 19.3 Å². The highest BCUT2D eigenvalue weighted by atomic mass is 16.5. The summed E-state index contributed by atoms with van der Waals surface area (Å²) in [6, 6.07) is 0. The Kier molecular flexibility index (Phi) is 4.40. The highest BCUT2D eigenvalue weighted by Crippen LogP contribution is 2.39. The quantitative estimate of drug-likeness (QED) is 0.905. The third-order valence-electron chi connectivity index (χ3n) is 4.19. The van der Waals surface area contributed by atoms with Crippen molar-refractivity contribution in [3.05, 3.63) is 17.1 Å². The highest BCUT2D eigenvalue weighted by molar-refractivity contribution is 5.45. The minimum Gasteiger partial charge on any atom is -0.370 e. The normalized spacial score (nSPS) is 18.3. The molecule has 0 unspecified atom stereocenters. The molecule has 0 spiro atoms. The molecule has 2 rings (SSSR count). The molecule has 19 heavy (non-hydrogen) atoms. The largest absolute Gasteiger partial charge is 0.370 e. The van der Waals surface area contributed by atoms with Gasteiger partial charge in [0.1, 0.15) is 11.4 Å². The minimum atomic E-state index is -0.277. The van der Waals surface area contributed by atoms with Crippen LogP contribution in [0.1, 0.15) is 56.1 Å². The molecule has 4 heteroatoms. The molecule has 1 N–H and O–H groups in total.